The van der Waals surface area contributed by atoms with Crippen LogP contribution in [0, 0.1) is 17.7 Å². The fraction of sp³-hybridized carbons (Fsp3) is 0.348. The van der Waals surface area contributed by atoms with Crippen molar-refractivity contribution in [3.63, 3.8) is 0 Å². The largest absolute Gasteiger partial charge is 0.360 e. The molecule has 7 heteroatoms. The Bertz CT molecular complexity index is 1010. The number of anilines is 1. The quantitative estimate of drug-likeness (QED) is 0.713. The molecule has 4 heterocycles. The van der Waals surface area contributed by atoms with Crippen molar-refractivity contribution in [1.29, 1.82) is 0 Å². The van der Waals surface area contributed by atoms with Crippen LogP contribution >= 0.6 is 0 Å². The second kappa shape index (κ2) is 7.02. The predicted octanol–water partition coefficient (Wildman–Crippen LogP) is 2.21. The predicted molar refractivity (Wildman–Crippen MR) is 108 cm³/mol. The molecule has 4 atom stereocenters. The Labute approximate surface area is 174 Å². The highest BCUT2D eigenvalue weighted by atomic mass is 19.1. The molecule has 1 spiro atoms. The van der Waals surface area contributed by atoms with Crippen molar-refractivity contribution >= 4 is 17.5 Å². The van der Waals surface area contributed by atoms with E-state index in [-0.39, 0.29) is 23.7 Å². The number of benzene rings is 1. The smallest absolute Gasteiger partial charge is 0.234 e. The molecule has 154 valence electrons. The molecule has 0 N–H and O–H groups in total. The van der Waals surface area contributed by atoms with Gasteiger partial charge in [0.2, 0.25) is 11.8 Å². The average Bonchev–Trinajstić information content (AvgIpc) is 3.41. The average molecular weight is 407 g/mol. The van der Waals surface area contributed by atoms with Gasteiger partial charge in [0.05, 0.1) is 24.5 Å². The number of nitrogens with zero attached hydrogens (tertiary/aromatic N) is 3. The Morgan fingerprint density at radius 2 is 2.10 bits per heavy atom. The van der Waals surface area contributed by atoms with Crippen LogP contribution in [0.2, 0.25) is 0 Å². The van der Waals surface area contributed by atoms with E-state index in [0.717, 1.165) is 5.69 Å². The fourth-order valence-corrected chi connectivity index (χ4v) is 4.81. The van der Waals surface area contributed by atoms with E-state index in [1.165, 1.54) is 12.1 Å². The number of amides is 2. The summed E-state index contributed by atoms with van der Waals surface area (Å²) < 4.78 is 19.5. The lowest BCUT2D eigenvalue weighted by Gasteiger charge is -2.27. The topological polar surface area (TPSA) is 62.7 Å². The second-order valence-corrected chi connectivity index (χ2v) is 8.13. The summed E-state index contributed by atoms with van der Waals surface area (Å²) in [6.07, 6.45) is 5.80. The summed E-state index contributed by atoms with van der Waals surface area (Å²) in [6.45, 7) is 0.842. The number of aromatic nitrogens is 1. The van der Waals surface area contributed by atoms with E-state index in [9.17, 15) is 14.0 Å². The van der Waals surface area contributed by atoms with Crippen LogP contribution in [0.15, 0.2) is 60.8 Å². The Hall–Kier alpha value is -3.06. The molecule has 0 saturated carbocycles. The van der Waals surface area contributed by atoms with Gasteiger partial charge >= 0.3 is 0 Å². The molecule has 2 unspecified atom stereocenters. The van der Waals surface area contributed by atoms with Crippen LogP contribution in [0.25, 0.3) is 0 Å². The molecular formula is C23H22FN3O3. The number of halogens is 1. The molecule has 2 amide bonds. The Kier molecular flexibility index (Phi) is 4.43. The first-order valence-electron chi connectivity index (χ1n) is 10.1. The highest BCUT2D eigenvalue weighted by molar-refractivity contribution is 6.03. The monoisotopic (exact) mass is 407 g/mol. The molecule has 0 aliphatic carbocycles. The first-order valence-corrected chi connectivity index (χ1v) is 10.1. The number of hydrogen-bond donors (Lipinski definition) is 0. The van der Waals surface area contributed by atoms with E-state index in [2.05, 4.69) is 4.98 Å². The molecular weight excluding hydrogens is 385 g/mol. The number of carbonyl (C=O) groups is 2. The summed E-state index contributed by atoms with van der Waals surface area (Å²) in [5, 5.41) is 0. The summed E-state index contributed by atoms with van der Waals surface area (Å²) in [5.74, 6) is -1.72. The summed E-state index contributed by atoms with van der Waals surface area (Å²) in [4.78, 5) is 34.2. The van der Waals surface area contributed by atoms with Gasteiger partial charge in [-0.2, -0.15) is 0 Å². The number of hydrogen-bond acceptors (Lipinski definition) is 4. The number of ether oxygens (including phenoxy) is 1. The zero-order chi connectivity index (χ0) is 20.9. The Morgan fingerprint density at radius 1 is 1.30 bits per heavy atom. The summed E-state index contributed by atoms with van der Waals surface area (Å²) in [6, 6.07) is 11.5. The van der Waals surface area contributed by atoms with Gasteiger partial charge in [-0.15, -0.1) is 0 Å². The standard InChI is InChI=1S/C23H22FN3O3/c1-26(13-10-16-4-2-3-12-25-16)21(28)19-18-9-11-23(30-18)14-27(22(29)20(19)23)17-7-5-15(24)6-8-17/h2-9,11-12,18-20H,10,13-14H2,1H3/t18-,19?,20?,23-/m1/s1. The van der Waals surface area contributed by atoms with Crippen LogP contribution in [-0.4, -0.2) is 53.5 Å². The SMILES string of the molecule is CN(CCc1ccccn1)C(=O)C1C2C(=O)N(c3ccc(F)cc3)C[C@]23C=C[C@H]1O3. The van der Waals surface area contributed by atoms with Gasteiger partial charge in [0.15, 0.2) is 0 Å². The minimum atomic E-state index is -0.793. The summed E-state index contributed by atoms with van der Waals surface area (Å²) in [7, 11) is 1.75. The van der Waals surface area contributed by atoms with Crippen LogP contribution in [0.5, 0.6) is 0 Å². The number of pyridine rings is 1. The molecule has 1 aromatic heterocycles. The second-order valence-electron chi connectivity index (χ2n) is 8.13. The van der Waals surface area contributed by atoms with Gasteiger partial charge in [-0.05, 0) is 36.4 Å². The van der Waals surface area contributed by atoms with Gasteiger partial charge in [0.1, 0.15) is 11.4 Å². The van der Waals surface area contributed by atoms with Crippen LogP contribution in [0.4, 0.5) is 10.1 Å². The molecule has 6 nitrogen and oxygen atoms in total. The van der Waals surface area contributed by atoms with Crippen molar-refractivity contribution in [3.05, 3.63) is 72.3 Å². The van der Waals surface area contributed by atoms with E-state index in [1.54, 1.807) is 35.2 Å². The Morgan fingerprint density at radius 3 is 2.83 bits per heavy atom. The van der Waals surface area contributed by atoms with Gasteiger partial charge in [-0.25, -0.2) is 4.39 Å². The first kappa shape index (κ1) is 18.9. The highest BCUT2D eigenvalue weighted by Gasteiger charge is 2.67. The van der Waals surface area contributed by atoms with Crippen LogP contribution < -0.4 is 4.90 Å². The Balaban J connectivity index is 1.35. The van der Waals surface area contributed by atoms with Gasteiger partial charge in [0.25, 0.3) is 0 Å². The molecule has 1 aromatic carbocycles. The van der Waals surface area contributed by atoms with Crippen molar-refractivity contribution < 1.29 is 18.7 Å². The van der Waals surface area contributed by atoms with Gasteiger partial charge in [0, 0.05) is 37.6 Å². The lowest BCUT2D eigenvalue weighted by atomic mass is 9.76. The third-order valence-electron chi connectivity index (χ3n) is 6.33. The van der Waals surface area contributed by atoms with Gasteiger partial charge < -0.3 is 14.5 Å². The third-order valence-corrected chi connectivity index (χ3v) is 6.33. The van der Waals surface area contributed by atoms with Crippen molar-refractivity contribution in [2.24, 2.45) is 11.8 Å². The number of carbonyl (C=O) groups excluding carboxylic acids is 2. The minimum absolute atomic E-state index is 0.0959. The normalized spacial score (nSPS) is 28.8. The minimum Gasteiger partial charge on any atom is -0.360 e. The third kappa shape index (κ3) is 2.92. The maximum Gasteiger partial charge on any atom is 0.234 e. The number of likely N-dealkylation sites (N-methyl/N-ethyl adjacent to an activating group) is 1. The number of rotatable bonds is 5. The molecule has 30 heavy (non-hydrogen) atoms. The van der Waals surface area contributed by atoms with E-state index >= 15 is 0 Å². The molecule has 5 rings (SSSR count). The molecule has 3 aliphatic heterocycles. The van der Waals surface area contributed by atoms with Gasteiger partial charge in [-0.3, -0.25) is 14.6 Å². The first-order chi connectivity index (χ1) is 14.5. The molecule has 2 bridgehead atoms. The molecule has 2 fully saturated rings. The maximum atomic E-state index is 13.3. The highest BCUT2D eigenvalue weighted by Crippen LogP contribution is 2.53. The van der Waals surface area contributed by atoms with E-state index < -0.39 is 17.4 Å². The molecule has 3 aliphatic rings. The summed E-state index contributed by atoms with van der Waals surface area (Å²) >= 11 is 0. The van der Waals surface area contributed by atoms with Gasteiger partial charge in [-0.1, -0.05) is 18.2 Å². The van der Waals surface area contributed by atoms with Crippen molar-refractivity contribution in [1.82, 2.24) is 9.88 Å². The van der Waals surface area contributed by atoms with Crippen LogP contribution in [0.1, 0.15) is 5.69 Å². The molecule has 0 radical (unpaired) electrons. The zero-order valence-electron chi connectivity index (χ0n) is 16.6. The lowest BCUT2D eigenvalue weighted by molar-refractivity contribution is -0.139. The fourth-order valence-electron chi connectivity index (χ4n) is 4.81. The number of fused-ring (bicyclic) bond motifs is 1. The lowest BCUT2D eigenvalue weighted by Crippen LogP contribution is -2.45. The van der Waals surface area contributed by atoms with E-state index in [4.69, 9.17) is 4.74 Å². The summed E-state index contributed by atoms with van der Waals surface area (Å²) in [5.41, 5.74) is 0.732. The molecule has 2 saturated heterocycles. The van der Waals surface area contributed by atoms with Crippen molar-refractivity contribution in [3.8, 4) is 0 Å². The van der Waals surface area contributed by atoms with E-state index in [1.807, 2.05) is 30.4 Å². The van der Waals surface area contributed by atoms with Crippen LogP contribution in [-0.2, 0) is 20.7 Å². The molecule has 2 aromatic rings. The van der Waals surface area contributed by atoms with E-state index in [0.29, 0.717) is 25.2 Å². The van der Waals surface area contributed by atoms with Crippen LogP contribution in [0.3, 0.4) is 0 Å². The zero-order valence-corrected chi connectivity index (χ0v) is 16.6. The van der Waals surface area contributed by atoms with Crippen molar-refractivity contribution in [2.45, 2.75) is 18.1 Å². The maximum absolute atomic E-state index is 13.3. The van der Waals surface area contributed by atoms with Crippen molar-refractivity contribution in [2.75, 3.05) is 25.0 Å².